The fraction of sp³-hybridized carbons (Fsp3) is 1.00. The van der Waals surface area contributed by atoms with E-state index in [1.807, 2.05) is 0 Å². The number of thioether (sulfide) groups is 1. The lowest BCUT2D eigenvalue weighted by Gasteiger charge is -2.35. The van der Waals surface area contributed by atoms with Crippen LogP contribution in [0, 0.1) is 5.92 Å². The Morgan fingerprint density at radius 2 is 1.77 bits per heavy atom. The molecule has 2 heteroatoms. The molecule has 1 saturated heterocycles. The van der Waals surface area contributed by atoms with Crippen molar-refractivity contribution in [1.29, 1.82) is 0 Å². The first-order chi connectivity index (χ1) is 6.38. The van der Waals surface area contributed by atoms with E-state index in [2.05, 4.69) is 23.6 Å². The minimum absolute atomic E-state index is 0.864. The summed E-state index contributed by atoms with van der Waals surface area (Å²) in [5.41, 5.74) is 0. The molecule has 2 rings (SSSR count). The summed E-state index contributed by atoms with van der Waals surface area (Å²) in [5.74, 6) is 3.73. The molecule has 1 aliphatic carbocycles. The van der Waals surface area contributed by atoms with Gasteiger partial charge >= 0.3 is 0 Å². The summed E-state index contributed by atoms with van der Waals surface area (Å²) in [4.78, 5) is 2.71. The van der Waals surface area contributed by atoms with Crippen molar-refractivity contribution in [3.05, 3.63) is 0 Å². The van der Waals surface area contributed by atoms with E-state index in [-0.39, 0.29) is 0 Å². The summed E-state index contributed by atoms with van der Waals surface area (Å²) in [6, 6.07) is 0.864. The maximum atomic E-state index is 2.71. The smallest absolute Gasteiger partial charge is 0.00958 e. The van der Waals surface area contributed by atoms with Crippen molar-refractivity contribution in [2.24, 2.45) is 5.92 Å². The minimum Gasteiger partial charge on any atom is -0.299 e. The van der Waals surface area contributed by atoms with Crippen molar-refractivity contribution in [1.82, 2.24) is 4.90 Å². The first kappa shape index (κ1) is 9.85. The van der Waals surface area contributed by atoms with E-state index in [0.717, 1.165) is 12.0 Å². The van der Waals surface area contributed by atoms with E-state index in [0.29, 0.717) is 0 Å². The summed E-state index contributed by atoms with van der Waals surface area (Å²) in [6.07, 6.45) is 5.95. The third kappa shape index (κ3) is 2.41. The normalized spacial score (nSPS) is 29.3. The second-order valence-electron chi connectivity index (χ2n) is 4.43. The molecule has 0 aromatic rings. The monoisotopic (exact) mass is 199 g/mol. The van der Waals surface area contributed by atoms with Crippen LogP contribution in [0.3, 0.4) is 0 Å². The van der Waals surface area contributed by atoms with E-state index < -0.39 is 0 Å². The van der Waals surface area contributed by atoms with Crippen molar-refractivity contribution >= 4 is 11.8 Å². The number of hydrogen-bond acceptors (Lipinski definition) is 2. The molecule has 0 radical (unpaired) electrons. The Hall–Kier alpha value is 0.310. The van der Waals surface area contributed by atoms with Gasteiger partial charge in [0.05, 0.1) is 0 Å². The molecule has 1 nitrogen and oxygen atoms in total. The van der Waals surface area contributed by atoms with Crippen LogP contribution < -0.4 is 0 Å². The van der Waals surface area contributed by atoms with Crippen molar-refractivity contribution < 1.29 is 0 Å². The van der Waals surface area contributed by atoms with Crippen LogP contribution in [-0.4, -0.2) is 35.5 Å². The van der Waals surface area contributed by atoms with Crippen LogP contribution in [0.15, 0.2) is 0 Å². The van der Waals surface area contributed by atoms with Crippen molar-refractivity contribution in [2.45, 2.75) is 38.6 Å². The van der Waals surface area contributed by atoms with Gasteiger partial charge in [-0.05, 0) is 25.7 Å². The van der Waals surface area contributed by atoms with Gasteiger partial charge in [-0.3, -0.25) is 4.90 Å². The fourth-order valence-corrected chi connectivity index (χ4v) is 3.65. The Morgan fingerprint density at radius 3 is 2.38 bits per heavy atom. The topological polar surface area (TPSA) is 3.24 Å². The van der Waals surface area contributed by atoms with Gasteiger partial charge in [-0.1, -0.05) is 12.8 Å². The molecule has 0 aromatic heterocycles. The lowest BCUT2D eigenvalue weighted by Crippen LogP contribution is -2.42. The molecular weight excluding hydrogens is 178 g/mol. The Morgan fingerprint density at radius 1 is 1.15 bits per heavy atom. The summed E-state index contributed by atoms with van der Waals surface area (Å²) in [7, 11) is 0. The molecule has 0 aromatic carbocycles. The summed E-state index contributed by atoms with van der Waals surface area (Å²) < 4.78 is 0. The molecule has 0 amide bonds. The predicted octanol–water partition coefficient (Wildman–Crippen LogP) is 2.61. The molecule has 1 saturated carbocycles. The third-order valence-electron chi connectivity index (χ3n) is 3.70. The van der Waals surface area contributed by atoms with Crippen LogP contribution in [0.5, 0.6) is 0 Å². The molecule has 1 atom stereocenters. The second-order valence-corrected chi connectivity index (χ2v) is 5.66. The molecule has 1 heterocycles. The number of rotatable bonds is 2. The van der Waals surface area contributed by atoms with Crippen molar-refractivity contribution in [2.75, 3.05) is 24.6 Å². The first-order valence-electron chi connectivity index (χ1n) is 5.70. The maximum absolute atomic E-state index is 2.71. The Bertz CT molecular complexity index is 148. The maximum Gasteiger partial charge on any atom is 0.00958 e. The molecular formula is C11H21NS. The SMILES string of the molecule is CC(C1CCCC1)N1CCSCC1. The van der Waals surface area contributed by atoms with Crippen molar-refractivity contribution in [3.63, 3.8) is 0 Å². The lowest BCUT2D eigenvalue weighted by molar-refractivity contribution is 0.171. The zero-order valence-electron chi connectivity index (χ0n) is 8.67. The quantitative estimate of drug-likeness (QED) is 0.672. The Balaban J connectivity index is 1.83. The van der Waals surface area contributed by atoms with Crippen LogP contribution in [-0.2, 0) is 0 Å². The van der Waals surface area contributed by atoms with E-state index in [4.69, 9.17) is 0 Å². The highest BCUT2D eigenvalue weighted by Gasteiger charge is 2.26. The van der Waals surface area contributed by atoms with Gasteiger partial charge < -0.3 is 0 Å². The van der Waals surface area contributed by atoms with E-state index in [9.17, 15) is 0 Å². The molecule has 76 valence electrons. The summed E-state index contributed by atoms with van der Waals surface area (Å²) in [5, 5.41) is 0. The standard InChI is InChI=1S/C11H21NS/c1-10(11-4-2-3-5-11)12-6-8-13-9-7-12/h10-11H,2-9H2,1H3. The predicted molar refractivity (Wildman–Crippen MR) is 60.3 cm³/mol. The van der Waals surface area contributed by atoms with E-state index in [1.54, 1.807) is 0 Å². The van der Waals surface area contributed by atoms with Crippen LogP contribution >= 0.6 is 11.8 Å². The van der Waals surface area contributed by atoms with Gasteiger partial charge in [-0.25, -0.2) is 0 Å². The van der Waals surface area contributed by atoms with Crippen molar-refractivity contribution in [3.8, 4) is 0 Å². The zero-order chi connectivity index (χ0) is 9.10. The second kappa shape index (κ2) is 4.70. The molecule has 1 unspecified atom stereocenters. The van der Waals surface area contributed by atoms with Crippen LogP contribution in [0.25, 0.3) is 0 Å². The first-order valence-corrected chi connectivity index (χ1v) is 6.85. The molecule has 13 heavy (non-hydrogen) atoms. The highest BCUT2D eigenvalue weighted by atomic mass is 32.2. The molecule has 0 spiro atoms. The Kier molecular flexibility index (Phi) is 3.56. The van der Waals surface area contributed by atoms with Gasteiger partial charge in [0.25, 0.3) is 0 Å². The lowest BCUT2D eigenvalue weighted by atomic mass is 9.98. The summed E-state index contributed by atoms with van der Waals surface area (Å²) >= 11 is 2.12. The average molecular weight is 199 g/mol. The minimum atomic E-state index is 0.864. The average Bonchev–Trinajstić information content (AvgIpc) is 2.71. The van der Waals surface area contributed by atoms with Gasteiger partial charge in [0.15, 0.2) is 0 Å². The van der Waals surface area contributed by atoms with Crippen LogP contribution in [0.4, 0.5) is 0 Å². The largest absolute Gasteiger partial charge is 0.299 e. The number of hydrogen-bond donors (Lipinski definition) is 0. The van der Waals surface area contributed by atoms with Gasteiger partial charge in [0, 0.05) is 30.6 Å². The highest BCUT2D eigenvalue weighted by Crippen LogP contribution is 2.30. The molecule has 1 aliphatic heterocycles. The molecule has 2 aliphatic rings. The molecule has 0 N–H and O–H groups in total. The van der Waals surface area contributed by atoms with Gasteiger partial charge in [-0.2, -0.15) is 11.8 Å². The van der Waals surface area contributed by atoms with Gasteiger partial charge in [0.2, 0.25) is 0 Å². The van der Waals surface area contributed by atoms with Gasteiger partial charge in [-0.15, -0.1) is 0 Å². The summed E-state index contributed by atoms with van der Waals surface area (Å²) in [6.45, 7) is 5.12. The van der Waals surface area contributed by atoms with E-state index in [1.165, 1.54) is 50.3 Å². The third-order valence-corrected chi connectivity index (χ3v) is 4.65. The fourth-order valence-electron chi connectivity index (χ4n) is 2.72. The highest BCUT2D eigenvalue weighted by molar-refractivity contribution is 7.99. The Labute approximate surface area is 86.3 Å². The molecule has 2 fully saturated rings. The van der Waals surface area contributed by atoms with Gasteiger partial charge in [0.1, 0.15) is 0 Å². The van der Waals surface area contributed by atoms with Crippen LogP contribution in [0.2, 0.25) is 0 Å². The molecule has 0 bridgehead atoms. The van der Waals surface area contributed by atoms with Crippen LogP contribution in [0.1, 0.15) is 32.6 Å². The van der Waals surface area contributed by atoms with E-state index >= 15 is 0 Å². The zero-order valence-corrected chi connectivity index (χ0v) is 9.48. The number of nitrogens with zero attached hydrogens (tertiary/aromatic N) is 1.